The number of carboxylic acids is 2. The normalized spacial score (nSPS) is 17.5. The van der Waals surface area contributed by atoms with Crippen LogP contribution >= 0.6 is 11.8 Å². The van der Waals surface area contributed by atoms with E-state index in [9.17, 15) is 24.6 Å². The number of carbonyl (C=O) groups is 3. The molecule has 1 aromatic carbocycles. The molecule has 1 heterocycles. The van der Waals surface area contributed by atoms with Crippen LogP contribution in [0.5, 0.6) is 0 Å². The predicted octanol–water partition coefficient (Wildman–Crippen LogP) is 1.92. The third kappa shape index (κ3) is 7.02. The maximum absolute atomic E-state index is 13.0. The van der Waals surface area contributed by atoms with Crippen LogP contribution in [0.25, 0.3) is 0 Å². The van der Waals surface area contributed by atoms with Gasteiger partial charge in [-0.05, 0) is 31.5 Å². The highest BCUT2D eigenvalue weighted by atomic mass is 32.2. The van der Waals surface area contributed by atoms with Crippen LogP contribution in [-0.4, -0.2) is 59.0 Å². The lowest BCUT2D eigenvalue weighted by molar-refractivity contribution is -0.140. The molecule has 1 aliphatic rings. The fourth-order valence-electron chi connectivity index (χ4n) is 3.32. The fourth-order valence-corrected chi connectivity index (χ4v) is 4.40. The maximum Gasteiger partial charge on any atom is 0.323 e. The summed E-state index contributed by atoms with van der Waals surface area (Å²) in [5.74, 6) is -2.20. The van der Waals surface area contributed by atoms with E-state index in [1.54, 1.807) is 12.1 Å². The van der Waals surface area contributed by atoms with E-state index in [0.717, 1.165) is 37.0 Å². The summed E-state index contributed by atoms with van der Waals surface area (Å²) in [6.07, 6.45) is 5.06. The van der Waals surface area contributed by atoms with Gasteiger partial charge in [-0.3, -0.25) is 24.6 Å². The van der Waals surface area contributed by atoms with Gasteiger partial charge >= 0.3 is 11.9 Å². The summed E-state index contributed by atoms with van der Waals surface area (Å²) in [5, 5.41) is 21.8. The number of nitrogens with zero attached hydrogens (tertiary/aromatic N) is 1. The van der Waals surface area contributed by atoms with E-state index in [-0.39, 0.29) is 0 Å². The zero-order valence-corrected chi connectivity index (χ0v) is 17.2. The number of carbonyl (C=O) groups excluding carboxylic acids is 1. The fraction of sp³-hybridized carbons (Fsp3) is 0.550. The number of benzene rings is 1. The molecule has 0 spiro atoms. The number of nitrogens with two attached hydrogens (primary N) is 1. The molecule has 0 unspecified atom stereocenters. The van der Waals surface area contributed by atoms with Crippen molar-refractivity contribution in [2.24, 2.45) is 5.73 Å². The van der Waals surface area contributed by atoms with Gasteiger partial charge in [-0.15, -0.1) is 11.8 Å². The lowest BCUT2D eigenvalue weighted by Gasteiger charge is -2.26. The molecular weight excluding hydrogens is 394 g/mol. The van der Waals surface area contributed by atoms with Crippen LogP contribution in [0.1, 0.15) is 38.5 Å². The highest BCUT2D eigenvalue weighted by molar-refractivity contribution is 7.99. The van der Waals surface area contributed by atoms with Gasteiger partial charge in [0.15, 0.2) is 0 Å². The molecule has 29 heavy (non-hydrogen) atoms. The molecule has 0 saturated heterocycles. The maximum atomic E-state index is 13.0. The van der Waals surface area contributed by atoms with Crippen LogP contribution in [0.3, 0.4) is 0 Å². The Labute approximate surface area is 174 Å². The second-order valence-corrected chi connectivity index (χ2v) is 8.11. The van der Waals surface area contributed by atoms with Crippen molar-refractivity contribution >= 4 is 35.3 Å². The third-order valence-corrected chi connectivity index (χ3v) is 5.97. The topological polar surface area (TPSA) is 133 Å². The van der Waals surface area contributed by atoms with Gasteiger partial charge in [-0.1, -0.05) is 37.8 Å². The number of amides is 1. The summed E-state index contributed by atoms with van der Waals surface area (Å²) >= 11 is 1.42. The predicted molar refractivity (Wildman–Crippen MR) is 112 cm³/mol. The first-order chi connectivity index (χ1) is 13.9. The number of fused-ring (bicyclic) bond motifs is 1. The number of hydrogen-bond acceptors (Lipinski definition) is 6. The van der Waals surface area contributed by atoms with Gasteiger partial charge in [0.25, 0.3) is 0 Å². The van der Waals surface area contributed by atoms with E-state index in [4.69, 9.17) is 5.73 Å². The third-order valence-electron chi connectivity index (χ3n) is 4.82. The molecular formula is C20H29N3O5S. The average Bonchev–Trinajstić information content (AvgIpc) is 2.81. The average molecular weight is 424 g/mol. The Hall–Kier alpha value is -2.10. The second kappa shape index (κ2) is 11.8. The van der Waals surface area contributed by atoms with Crippen molar-refractivity contribution in [3.8, 4) is 0 Å². The molecule has 8 nitrogen and oxygen atoms in total. The molecule has 2 atom stereocenters. The van der Waals surface area contributed by atoms with Gasteiger partial charge in [0, 0.05) is 10.6 Å². The van der Waals surface area contributed by atoms with E-state index in [1.807, 2.05) is 12.1 Å². The monoisotopic (exact) mass is 423 g/mol. The number of carboxylic acid groups (broad SMARTS) is 2. The number of unbranched alkanes of at least 4 members (excludes halogenated alkanes) is 4. The molecule has 0 aromatic heterocycles. The van der Waals surface area contributed by atoms with Gasteiger partial charge in [-0.25, -0.2) is 0 Å². The molecule has 0 fully saturated rings. The Balaban J connectivity index is 2.05. The molecule has 1 aromatic rings. The van der Waals surface area contributed by atoms with Crippen LogP contribution in [0.4, 0.5) is 5.69 Å². The van der Waals surface area contributed by atoms with Crippen LogP contribution in [0.15, 0.2) is 29.2 Å². The minimum Gasteiger partial charge on any atom is -0.480 e. The number of para-hydroxylation sites is 1. The SMILES string of the molecule is NCCCCCCC[C@H](N[C@H]1CSc2ccccc2N(CC(=O)O)C1=O)C(=O)O. The van der Waals surface area contributed by atoms with Crippen molar-refractivity contribution in [3.05, 3.63) is 24.3 Å². The first kappa shape index (κ1) is 23.2. The number of rotatable bonds is 12. The Morgan fingerprint density at radius 2 is 1.86 bits per heavy atom. The van der Waals surface area contributed by atoms with E-state index in [0.29, 0.717) is 24.4 Å². The zero-order valence-electron chi connectivity index (χ0n) is 16.4. The molecule has 0 radical (unpaired) electrons. The number of anilines is 1. The van der Waals surface area contributed by atoms with Crippen molar-refractivity contribution in [3.63, 3.8) is 0 Å². The van der Waals surface area contributed by atoms with Gasteiger partial charge < -0.3 is 15.9 Å². The summed E-state index contributed by atoms with van der Waals surface area (Å²) in [4.78, 5) is 38.1. The second-order valence-electron chi connectivity index (χ2n) is 7.05. The highest BCUT2D eigenvalue weighted by Crippen LogP contribution is 2.34. The van der Waals surface area contributed by atoms with Crippen molar-refractivity contribution in [2.45, 2.75) is 55.5 Å². The standard InChI is InChI=1S/C20H29N3O5S/c21-11-7-3-1-2-4-8-14(20(27)28)22-15-13-29-17-10-6-5-9-16(17)23(19(15)26)12-18(24)25/h5-6,9-10,14-15,22H,1-4,7-8,11-13,21H2,(H,24,25)(H,27,28)/t14-,15-/m0/s1. The van der Waals surface area contributed by atoms with E-state index in [2.05, 4.69) is 5.32 Å². The Morgan fingerprint density at radius 3 is 2.55 bits per heavy atom. The first-order valence-corrected chi connectivity index (χ1v) is 10.9. The number of thioether (sulfide) groups is 1. The van der Waals surface area contributed by atoms with Crippen molar-refractivity contribution in [1.29, 1.82) is 0 Å². The van der Waals surface area contributed by atoms with E-state index in [1.165, 1.54) is 16.7 Å². The van der Waals surface area contributed by atoms with Gasteiger partial charge in [0.05, 0.1) is 11.7 Å². The molecule has 0 saturated carbocycles. The molecule has 0 bridgehead atoms. The highest BCUT2D eigenvalue weighted by Gasteiger charge is 2.34. The van der Waals surface area contributed by atoms with Gasteiger partial charge in [-0.2, -0.15) is 0 Å². The van der Waals surface area contributed by atoms with Gasteiger partial charge in [0.2, 0.25) is 5.91 Å². The number of nitrogens with one attached hydrogen (secondary N) is 1. The summed E-state index contributed by atoms with van der Waals surface area (Å²) in [6.45, 7) is 0.198. The number of hydrogen-bond donors (Lipinski definition) is 4. The summed E-state index contributed by atoms with van der Waals surface area (Å²) in [5.41, 5.74) is 6.01. The Kier molecular flexibility index (Phi) is 9.43. The smallest absolute Gasteiger partial charge is 0.323 e. The van der Waals surface area contributed by atoms with Crippen LogP contribution < -0.4 is 16.0 Å². The summed E-state index contributed by atoms with van der Waals surface area (Å²) in [6, 6.07) is 5.49. The lowest BCUT2D eigenvalue weighted by atomic mass is 10.1. The van der Waals surface area contributed by atoms with Crippen LogP contribution in [-0.2, 0) is 14.4 Å². The largest absolute Gasteiger partial charge is 0.480 e. The van der Waals surface area contributed by atoms with E-state index >= 15 is 0 Å². The minimum atomic E-state index is -1.12. The minimum absolute atomic E-state index is 0.340. The molecule has 1 amide bonds. The first-order valence-electron chi connectivity index (χ1n) is 9.88. The lowest BCUT2D eigenvalue weighted by Crippen LogP contribution is -2.53. The van der Waals surface area contributed by atoms with Crippen LogP contribution in [0.2, 0.25) is 0 Å². The molecule has 2 rings (SSSR count). The molecule has 1 aliphatic heterocycles. The number of aliphatic carboxylic acids is 2. The molecule has 160 valence electrons. The van der Waals surface area contributed by atoms with E-state index < -0.39 is 36.5 Å². The molecule has 9 heteroatoms. The molecule has 0 aliphatic carbocycles. The van der Waals surface area contributed by atoms with Gasteiger partial charge in [0.1, 0.15) is 12.6 Å². The zero-order chi connectivity index (χ0) is 21.2. The molecule has 5 N–H and O–H groups in total. The van der Waals surface area contributed by atoms with Crippen molar-refractivity contribution in [2.75, 3.05) is 23.7 Å². The van der Waals surface area contributed by atoms with Crippen molar-refractivity contribution < 1.29 is 24.6 Å². The quantitative estimate of drug-likeness (QED) is 0.375. The summed E-state index contributed by atoms with van der Waals surface area (Å²) in [7, 11) is 0. The Morgan fingerprint density at radius 1 is 1.17 bits per heavy atom. The van der Waals surface area contributed by atoms with Crippen molar-refractivity contribution in [1.82, 2.24) is 5.32 Å². The Bertz CT molecular complexity index is 715. The van der Waals surface area contributed by atoms with Crippen LogP contribution in [0, 0.1) is 0 Å². The summed E-state index contributed by atoms with van der Waals surface area (Å²) < 4.78 is 0.